The Morgan fingerprint density at radius 3 is 1.46 bits per heavy atom. The summed E-state index contributed by atoms with van der Waals surface area (Å²) in [6.07, 6.45) is 1.72. The first-order valence-electron chi connectivity index (χ1n) is 39.5. The Morgan fingerprint density at radius 2 is 0.992 bits per heavy atom. The van der Waals surface area contributed by atoms with Crippen LogP contribution in [0.25, 0.3) is 10.0 Å². The number of aryl methyl sites for hydroxylation is 2. The highest BCUT2D eigenvalue weighted by Crippen LogP contribution is 2.43. The van der Waals surface area contributed by atoms with Crippen molar-refractivity contribution in [3.05, 3.63) is 184 Å². The van der Waals surface area contributed by atoms with Crippen LogP contribution in [-0.2, 0) is 62.0 Å². The number of thiophene rings is 2. The van der Waals surface area contributed by atoms with E-state index in [0.717, 1.165) is 44.2 Å². The van der Waals surface area contributed by atoms with E-state index in [1.165, 1.54) is 61.8 Å². The maximum absolute atomic E-state index is 13.6. The Labute approximate surface area is 726 Å². The Balaban J connectivity index is 0.000000189. The van der Waals surface area contributed by atoms with Crippen LogP contribution in [0, 0.1) is 27.7 Å². The van der Waals surface area contributed by atoms with E-state index in [4.69, 9.17) is 66.3 Å². The number of imide groups is 4. The van der Waals surface area contributed by atoms with Gasteiger partial charge >= 0.3 is 11.9 Å². The molecule has 0 spiro atoms. The number of nitrogens with zero attached hydrogens (tertiary/aromatic N) is 10. The molecule has 0 radical (unpaired) electrons. The fourth-order valence-corrected chi connectivity index (χ4v) is 17.1. The molecule has 6 aliphatic heterocycles. The standard InChI is InChI=1S/C42H42ClN7O11S.C22H27N3O8.C20H17ClN4O3S/c1-22-33-35(24-9-11-25(43)12-10-24)45-28(20-32(53)58-3)37-48-47-23(2)49(37)42(33)62-36(22)39(55)44-15-17-60-19-18-59-16-5-6-26(51)21-61-30-8-4-7-27-34(30)41(57)50(40(27)56)29-13-14-31(52)46-38(29)54;1-2-9-31-11-12-32-10-8-23-18(27)13-33-16-5-3-4-14-19(16)22(30)25(21(14)29)15-6-7-17(26)24-20(15)28;1-9(26)8-14-18-24-23-11(3)25(18)19-15(10(2)17(29-19)20(27)28)16(22-14)12-4-6-13(21)7-5-12/h4,7-12,28-29H,5-6,13-21H2,1-3H3,(H,44,55)(H,46,52,54);3-5,15H,2,6-13H2,1H3,(H,23,27)(H,24,26,28);4-7,14H,8H2,1-3H3,(H,27,28)/t28-,29?;;14-/m1.1/s1. The molecule has 6 aliphatic rings. The van der Waals surface area contributed by atoms with E-state index >= 15 is 0 Å². The van der Waals surface area contributed by atoms with E-state index in [-0.39, 0.29) is 154 Å². The maximum atomic E-state index is 13.6. The fraction of sp³-hybridized carbons (Fsp3) is 0.381. The van der Waals surface area contributed by atoms with Gasteiger partial charge in [0, 0.05) is 84.3 Å². The number of esters is 1. The highest BCUT2D eigenvalue weighted by atomic mass is 35.5. The van der Waals surface area contributed by atoms with Gasteiger partial charge in [-0.25, -0.2) is 4.79 Å². The van der Waals surface area contributed by atoms with Gasteiger partial charge in [0.15, 0.2) is 24.0 Å². The van der Waals surface area contributed by atoms with Gasteiger partial charge in [-0.3, -0.25) is 102 Å². The topological polar surface area (TPSA) is 465 Å². The molecule has 10 amide bonds. The Hall–Kier alpha value is -12.3. The van der Waals surface area contributed by atoms with Crippen LogP contribution >= 0.6 is 45.9 Å². The minimum absolute atomic E-state index is 0.000285. The van der Waals surface area contributed by atoms with Gasteiger partial charge in [0.25, 0.3) is 35.4 Å². The number of carbonyl (C=O) groups excluding carboxylic acids is 13. The number of Topliss-reactive ketones (excluding diaryl/α,β-unsaturated/α-hetero) is 2. The molecule has 8 aromatic rings. The molecular formula is C84H86Cl2N14O22S2. The normalized spacial score (nSPS) is 16.7. The van der Waals surface area contributed by atoms with Gasteiger partial charge in [0.1, 0.15) is 74.6 Å². The molecule has 36 nitrogen and oxygen atoms in total. The van der Waals surface area contributed by atoms with Crippen molar-refractivity contribution in [1.82, 2.24) is 60.6 Å². The number of hydrogen-bond donors (Lipinski definition) is 5. The number of carbonyl (C=O) groups is 14. The van der Waals surface area contributed by atoms with Crippen LogP contribution in [0.4, 0.5) is 0 Å². The molecule has 2 fully saturated rings. The SMILES string of the molecule is CC(=O)C[C@H]1N=C(c2ccc(Cl)cc2)c2c(sc(C(=O)O)c2C)-n2c(C)nnc21.CCCOCCOCCNC(=O)COc1cccc2c1C(=O)N(C1CCC(=O)NC1=O)C2=O.COC(=O)C[C@H]1N=C(c2ccc(Cl)cc2)c2c(sc(C(=O)NCCOCCOCCCC(=O)COc3cccc4c3C(=O)N(C3CCC(=O)NC3=O)C4=O)c2C)-n2c(C)nnc21. The Morgan fingerprint density at radius 1 is 0.540 bits per heavy atom. The third-order valence-electron chi connectivity index (χ3n) is 20.3. The van der Waals surface area contributed by atoms with Crippen molar-refractivity contribution >= 4 is 140 Å². The molecule has 4 atom stereocenters. The molecule has 40 heteroatoms. The summed E-state index contributed by atoms with van der Waals surface area (Å²) >= 11 is 14.7. The molecule has 10 heterocycles. The molecule has 2 saturated heterocycles. The lowest BCUT2D eigenvalue weighted by atomic mass is 9.99. The van der Waals surface area contributed by atoms with E-state index < -0.39 is 89.3 Å². The second-order valence-corrected chi connectivity index (χ2v) is 31.7. The predicted octanol–water partition coefficient (Wildman–Crippen LogP) is 7.84. The summed E-state index contributed by atoms with van der Waals surface area (Å²) in [6.45, 7) is 13.5. The number of carboxylic acid groups (broad SMARTS) is 1. The van der Waals surface area contributed by atoms with Crippen molar-refractivity contribution in [2.75, 3.05) is 86.3 Å². The number of halogens is 2. The minimum atomic E-state index is -1.11. The molecule has 4 aromatic heterocycles. The van der Waals surface area contributed by atoms with Crippen LogP contribution in [-0.4, -0.2) is 237 Å². The first kappa shape index (κ1) is 90.9. The first-order valence-corrected chi connectivity index (χ1v) is 41.9. The van der Waals surface area contributed by atoms with Gasteiger partial charge in [-0.05, 0) is 120 Å². The molecule has 0 aliphatic carbocycles. The fourth-order valence-electron chi connectivity index (χ4n) is 14.4. The van der Waals surface area contributed by atoms with Gasteiger partial charge in [0.2, 0.25) is 23.6 Å². The van der Waals surface area contributed by atoms with E-state index in [2.05, 4.69) is 41.7 Å². The molecule has 650 valence electrons. The molecule has 4 aromatic carbocycles. The number of ether oxygens (including phenoxy) is 7. The second-order valence-electron chi connectivity index (χ2n) is 28.9. The lowest BCUT2D eigenvalue weighted by molar-refractivity contribution is -0.141. The van der Waals surface area contributed by atoms with Crippen LogP contribution in [0.2, 0.25) is 10.0 Å². The number of fused-ring (bicyclic) bond motifs is 8. The average molecular weight is 1780 g/mol. The van der Waals surface area contributed by atoms with E-state index in [9.17, 15) is 72.2 Å². The number of carboxylic acids is 1. The highest BCUT2D eigenvalue weighted by Gasteiger charge is 2.48. The number of rotatable bonds is 34. The van der Waals surface area contributed by atoms with Crippen molar-refractivity contribution in [1.29, 1.82) is 0 Å². The molecule has 14 rings (SSSR count). The number of ketones is 2. The lowest BCUT2D eigenvalue weighted by Crippen LogP contribution is -2.54. The van der Waals surface area contributed by atoms with E-state index in [0.29, 0.717) is 109 Å². The van der Waals surface area contributed by atoms with Crippen LogP contribution in [0.3, 0.4) is 0 Å². The summed E-state index contributed by atoms with van der Waals surface area (Å²) in [7, 11) is 1.32. The van der Waals surface area contributed by atoms with Gasteiger partial charge in [-0.2, -0.15) is 0 Å². The first-order chi connectivity index (χ1) is 59.6. The molecule has 0 bridgehead atoms. The van der Waals surface area contributed by atoms with Crippen molar-refractivity contribution in [3.8, 4) is 21.5 Å². The van der Waals surface area contributed by atoms with Gasteiger partial charge in [-0.1, -0.05) is 66.5 Å². The van der Waals surface area contributed by atoms with Crippen LogP contribution in [0.1, 0.15) is 201 Å². The molecular weight excluding hydrogens is 1690 g/mol. The Bertz CT molecular complexity index is 5600. The number of piperidine rings is 2. The van der Waals surface area contributed by atoms with Crippen molar-refractivity contribution < 1.29 is 105 Å². The zero-order valence-corrected chi connectivity index (χ0v) is 71.5. The summed E-state index contributed by atoms with van der Waals surface area (Å²) in [5, 5.41) is 39.1. The number of aromatic nitrogens is 6. The number of aliphatic imine (C=N–C) groups is 2. The monoisotopic (exact) mass is 1780 g/mol. The smallest absolute Gasteiger partial charge is 0.346 e. The number of amides is 10. The van der Waals surface area contributed by atoms with Crippen LogP contribution < -0.4 is 30.7 Å². The number of methoxy groups -OCH3 is 1. The summed E-state index contributed by atoms with van der Waals surface area (Å²) < 4.78 is 41.7. The zero-order valence-electron chi connectivity index (χ0n) is 68.3. The summed E-state index contributed by atoms with van der Waals surface area (Å²) in [5.74, 6) is -5.19. The van der Waals surface area contributed by atoms with Gasteiger partial charge in [0.05, 0.1) is 91.7 Å². The maximum Gasteiger partial charge on any atom is 0.346 e. The summed E-state index contributed by atoms with van der Waals surface area (Å²) in [5.41, 5.74) is 5.60. The Kier molecular flexibility index (Phi) is 30.2. The summed E-state index contributed by atoms with van der Waals surface area (Å²) in [6, 6.07) is 19.9. The van der Waals surface area contributed by atoms with Crippen LogP contribution in [0.5, 0.6) is 11.5 Å². The van der Waals surface area contributed by atoms with Gasteiger partial charge < -0.3 is 48.9 Å². The van der Waals surface area contributed by atoms with Gasteiger partial charge in [-0.15, -0.1) is 43.1 Å². The summed E-state index contributed by atoms with van der Waals surface area (Å²) in [4.78, 5) is 186. The predicted molar refractivity (Wildman–Crippen MR) is 446 cm³/mol. The quantitative estimate of drug-likeness (QED) is 0.0146. The van der Waals surface area contributed by atoms with E-state index in [1.807, 2.05) is 47.2 Å². The third kappa shape index (κ3) is 20.6. The largest absolute Gasteiger partial charge is 0.485 e. The number of nitrogens with one attached hydrogen (secondary N) is 4. The molecule has 5 N–H and O–H groups in total. The lowest BCUT2D eigenvalue weighted by Gasteiger charge is -2.27. The second kappa shape index (κ2) is 41.3. The zero-order chi connectivity index (χ0) is 88.7. The average Bonchev–Trinajstić information content (AvgIpc) is 1.58. The van der Waals surface area contributed by atoms with E-state index in [1.54, 1.807) is 45.0 Å². The van der Waals surface area contributed by atoms with Crippen molar-refractivity contribution in [2.45, 2.75) is 123 Å². The number of benzene rings is 4. The highest BCUT2D eigenvalue weighted by molar-refractivity contribution is 7.17. The third-order valence-corrected chi connectivity index (χ3v) is 23.3. The molecule has 124 heavy (non-hydrogen) atoms. The van der Waals surface area contributed by atoms with Crippen molar-refractivity contribution in [3.63, 3.8) is 0 Å². The molecule has 2 unspecified atom stereocenters. The number of hydrogen-bond acceptors (Lipinski definition) is 29. The molecule has 0 saturated carbocycles. The minimum Gasteiger partial charge on any atom is -0.485 e. The van der Waals surface area contributed by atoms with Crippen LogP contribution in [0.15, 0.2) is 94.9 Å². The van der Waals surface area contributed by atoms with Crippen molar-refractivity contribution in [2.24, 2.45) is 9.98 Å². The number of aromatic carboxylic acids is 1.